The first-order valence-electron chi connectivity index (χ1n) is 5.36. The lowest BCUT2D eigenvalue weighted by atomic mass is 9.99. The van der Waals surface area contributed by atoms with Crippen LogP contribution in [-0.4, -0.2) is 34.6 Å². The predicted octanol–water partition coefficient (Wildman–Crippen LogP) is 1.72. The van der Waals surface area contributed by atoms with Gasteiger partial charge in [-0.25, -0.2) is 0 Å². The average Bonchev–Trinajstić information content (AvgIpc) is 2.17. The third-order valence-corrected chi connectivity index (χ3v) is 2.94. The van der Waals surface area contributed by atoms with Crippen LogP contribution in [-0.2, 0) is 4.74 Å². The zero-order chi connectivity index (χ0) is 11.2. The summed E-state index contributed by atoms with van der Waals surface area (Å²) in [6, 6.07) is 0. The van der Waals surface area contributed by atoms with Crippen molar-refractivity contribution in [1.82, 2.24) is 0 Å². The topological polar surface area (TPSA) is 49.7 Å². The van der Waals surface area contributed by atoms with Gasteiger partial charge in [0.25, 0.3) is 0 Å². The minimum Gasteiger partial charge on any atom is -0.393 e. The quantitative estimate of drug-likeness (QED) is 0.664. The highest BCUT2D eigenvalue weighted by molar-refractivity contribution is 4.74. The molecule has 0 saturated heterocycles. The Bertz CT molecular complexity index is 151. The van der Waals surface area contributed by atoms with Crippen molar-refractivity contribution in [2.45, 2.75) is 58.2 Å². The molecule has 0 aromatic carbocycles. The smallest absolute Gasteiger partial charge is 0.0881 e. The maximum Gasteiger partial charge on any atom is 0.0881 e. The van der Waals surface area contributed by atoms with Crippen molar-refractivity contribution in [3.05, 3.63) is 0 Å². The Morgan fingerprint density at radius 1 is 1.14 bits per heavy atom. The number of ether oxygens (including phenoxy) is 1. The van der Waals surface area contributed by atoms with Gasteiger partial charge in [0.1, 0.15) is 0 Å². The second kappa shape index (κ2) is 5.69. The van der Waals surface area contributed by atoms with Crippen LogP contribution < -0.4 is 0 Å². The van der Waals surface area contributed by atoms with Gasteiger partial charge in [-0.1, -0.05) is 13.8 Å². The molecule has 3 nitrogen and oxygen atoms in total. The summed E-state index contributed by atoms with van der Waals surface area (Å²) in [4.78, 5) is 0. The zero-order valence-corrected chi connectivity index (χ0v) is 9.84. The molecule has 0 aliphatic heterocycles. The van der Waals surface area contributed by atoms with E-state index in [1.807, 2.05) is 20.8 Å². The van der Waals surface area contributed by atoms with Crippen molar-refractivity contribution in [2.24, 2.45) is 0 Å². The lowest BCUT2D eigenvalue weighted by molar-refractivity contribution is -0.0876. The van der Waals surface area contributed by atoms with Crippen LogP contribution >= 0.6 is 0 Å². The van der Waals surface area contributed by atoms with Gasteiger partial charge in [-0.2, -0.15) is 0 Å². The van der Waals surface area contributed by atoms with Crippen LogP contribution in [0.25, 0.3) is 0 Å². The highest BCUT2D eigenvalue weighted by atomic mass is 16.5. The van der Waals surface area contributed by atoms with Crippen molar-refractivity contribution in [3.63, 3.8) is 0 Å². The molecule has 2 N–H and O–H groups in total. The van der Waals surface area contributed by atoms with E-state index >= 15 is 0 Å². The summed E-state index contributed by atoms with van der Waals surface area (Å²) in [5.41, 5.74) is -1.10. The van der Waals surface area contributed by atoms with Gasteiger partial charge in [-0.15, -0.1) is 0 Å². The Kier molecular flexibility index (Phi) is 5.64. The SMILES string of the molecule is CCC(C)(O)CCOC(C)(CC)CO. The normalized spacial score (nSPS) is 20.1. The predicted molar refractivity (Wildman–Crippen MR) is 57.3 cm³/mol. The van der Waals surface area contributed by atoms with Crippen LogP contribution in [0.15, 0.2) is 0 Å². The fraction of sp³-hybridized carbons (Fsp3) is 1.00. The second-order valence-corrected chi connectivity index (χ2v) is 4.41. The maximum atomic E-state index is 9.72. The van der Waals surface area contributed by atoms with E-state index in [2.05, 4.69) is 0 Å². The molecular formula is C11H24O3. The Balaban J connectivity index is 3.83. The maximum absolute atomic E-state index is 9.72. The summed E-state index contributed by atoms with van der Waals surface area (Å²) in [7, 11) is 0. The fourth-order valence-corrected chi connectivity index (χ4v) is 0.954. The molecule has 0 heterocycles. The molecule has 0 bridgehead atoms. The summed E-state index contributed by atoms with van der Waals surface area (Å²) >= 11 is 0. The third kappa shape index (κ3) is 4.94. The Morgan fingerprint density at radius 3 is 2.07 bits per heavy atom. The van der Waals surface area contributed by atoms with Crippen LogP contribution in [0.5, 0.6) is 0 Å². The number of rotatable bonds is 7. The lowest BCUT2D eigenvalue weighted by Crippen LogP contribution is -2.35. The molecule has 0 amide bonds. The molecule has 2 unspecified atom stereocenters. The van der Waals surface area contributed by atoms with Gasteiger partial charge >= 0.3 is 0 Å². The minimum absolute atomic E-state index is 0.0256. The summed E-state index contributed by atoms with van der Waals surface area (Å²) in [5.74, 6) is 0. The van der Waals surface area contributed by atoms with Crippen molar-refractivity contribution >= 4 is 0 Å². The number of hydrogen-bond acceptors (Lipinski definition) is 3. The monoisotopic (exact) mass is 204 g/mol. The van der Waals surface area contributed by atoms with E-state index < -0.39 is 11.2 Å². The van der Waals surface area contributed by atoms with E-state index in [9.17, 15) is 5.11 Å². The molecule has 0 spiro atoms. The number of aliphatic hydroxyl groups is 2. The van der Waals surface area contributed by atoms with Gasteiger partial charge in [-0.05, 0) is 33.1 Å². The van der Waals surface area contributed by atoms with Crippen molar-refractivity contribution in [2.75, 3.05) is 13.2 Å². The lowest BCUT2D eigenvalue weighted by Gasteiger charge is -2.28. The molecule has 86 valence electrons. The van der Waals surface area contributed by atoms with Gasteiger partial charge < -0.3 is 14.9 Å². The summed E-state index contributed by atoms with van der Waals surface area (Å²) < 4.78 is 5.56. The molecule has 0 saturated carbocycles. The summed E-state index contributed by atoms with van der Waals surface area (Å²) in [5, 5.41) is 18.8. The van der Waals surface area contributed by atoms with E-state index in [0.29, 0.717) is 13.0 Å². The number of aliphatic hydroxyl groups excluding tert-OH is 1. The first kappa shape index (κ1) is 13.9. The molecule has 2 atom stereocenters. The molecule has 0 radical (unpaired) electrons. The molecule has 0 aromatic heterocycles. The molecule has 3 heteroatoms. The summed E-state index contributed by atoms with van der Waals surface area (Å²) in [6.45, 7) is 8.13. The van der Waals surface area contributed by atoms with E-state index in [-0.39, 0.29) is 6.61 Å². The van der Waals surface area contributed by atoms with E-state index in [0.717, 1.165) is 12.8 Å². The molecule has 0 rings (SSSR count). The third-order valence-electron chi connectivity index (χ3n) is 2.94. The fourth-order valence-electron chi connectivity index (χ4n) is 0.954. The molecule has 14 heavy (non-hydrogen) atoms. The molecule has 0 fully saturated rings. The van der Waals surface area contributed by atoms with Gasteiger partial charge in [0, 0.05) is 0 Å². The standard InChI is InChI=1S/C11H24O3/c1-5-10(3,13)7-8-14-11(4,6-2)9-12/h12-13H,5-9H2,1-4H3. The van der Waals surface area contributed by atoms with E-state index in [1.165, 1.54) is 0 Å². The van der Waals surface area contributed by atoms with Crippen molar-refractivity contribution in [3.8, 4) is 0 Å². The van der Waals surface area contributed by atoms with Gasteiger partial charge in [0.2, 0.25) is 0 Å². The van der Waals surface area contributed by atoms with Crippen LogP contribution in [0.3, 0.4) is 0 Å². The second-order valence-electron chi connectivity index (χ2n) is 4.41. The Labute approximate surface area is 87.1 Å². The van der Waals surface area contributed by atoms with Gasteiger partial charge in [0.15, 0.2) is 0 Å². The van der Waals surface area contributed by atoms with Crippen LogP contribution in [0.4, 0.5) is 0 Å². The zero-order valence-electron chi connectivity index (χ0n) is 9.84. The van der Waals surface area contributed by atoms with Crippen molar-refractivity contribution in [1.29, 1.82) is 0 Å². The first-order valence-corrected chi connectivity index (χ1v) is 5.36. The van der Waals surface area contributed by atoms with Crippen LogP contribution in [0, 0.1) is 0 Å². The van der Waals surface area contributed by atoms with E-state index in [1.54, 1.807) is 6.92 Å². The van der Waals surface area contributed by atoms with Crippen LogP contribution in [0.1, 0.15) is 47.0 Å². The first-order chi connectivity index (χ1) is 6.39. The van der Waals surface area contributed by atoms with Gasteiger partial charge in [0.05, 0.1) is 24.4 Å². The van der Waals surface area contributed by atoms with Gasteiger partial charge in [-0.3, -0.25) is 0 Å². The average molecular weight is 204 g/mol. The van der Waals surface area contributed by atoms with Crippen molar-refractivity contribution < 1.29 is 14.9 Å². The highest BCUT2D eigenvalue weighted by Crippen LogP contribution is 2.18. The minimum atomic E-state index is -0.649. The largest absolute Gasteiger partial charge is 0.393 e. The number of hydrogen-bond donors (Lipinski definition) is 2. The van der Waals surface area contributed by atoms with Crippen LogP contribution in [0.2, 0.25) is 0 Å². The van der Waals surface area contributed by atoms with E-state index in [4.69, 9.17) is 9.84 Å². The molecule has 0 aliphatic carbocycles. The molecule has 0 aromatic rings. The summed E-state index contributed by atoms with van der Waals surface area (Å²) in [6.07, 6.45) is 2.11. The Morgan fingerprint density at radius 2 is 1.71 bits per heavy atom. The molecular weight excluding hydrogens is 180 g/mol. The highest BCUT2D eigenvalue weighted by Gasteiger charge is 2.24. The molecule has 0 aliphatic rings. The Hall–Kier alpha value is -0.120.